The van der Waals surface area contributed by atoms with Crippen molar-refractivity contribution in [2.24, 2.45) is 5.92 Å². The van der Waals surface area contributed by atoms with Crippen molar-refractivity contribution in [3.63, 3.8) is 0 Å². The lowest BCUT2D eigenvalue weighted by molar-refractivity contribution is -0.153. The van der Waals surface area contributed by atoms with Crippen LogP contribution >= 0.6 is 11.6 Å². The SMILES string of the molecule is CC(C)CC(C(=O)O)c1cc(Cl)c(OCC(F)(F)F)c(-c2ccc(C(F)(F)F)cc2)c1. The molecule has 170 valence electrons. The summed E-state index contributed by atoms with van der Waals surface area (Å²) in [4.78, 5) is 11.7. The van der Waals surface area contributed by atoms with Gasteiger partial charge >= 0.3 is 18.3 Å². The molecular weight excluding hydrogens is 450 g/mol. The summed E-state index contributed by atoms with van der Waals surface area (Å²) in [5.74, 6) is -2.58. The Bertz CT molecular complexity index is 920. The average molecular weight is 469 g/mol. The molecule has 0 fully saturated rings. The van der Waals surface area contributed by atoms with Crippen LogP contribution in [0.25, 0.3) is 11.1 Å². The maximum atomic E-state index is 12.9. The molecule has 2 aromatic carbocycles. The lowest BCUT2D eigenvalue weighted by atomic mass is 9.88. The van der Waals surface area contributed by atoms with E-state index in [1.54, 1.807) is 13.8 Å². The van der Waals surface area contributed by atoms with Crippen molar-refractivity contribution < 1.29 is 41.0 Å². The maximum Gasteiger partial charge on any atom is 0.422 e. The first-order valence-corrected chi connectivity index (χ1v) is 9.50. The molecule has 0 bridgehead atoms. The minimum absolute atomic E-state index is 0.0180. The van der Waals surface area contributed by atoms with E-state index in [0.717, 1.165) is 24.3 Å². The molecule has 2 rings (SSSR count). The van der Waals surface area contributed by atoms with E-state index in [-0.39, 0.29) is 34.1 Å². The Morgan fingerprint density at radius 1 is 1.06 bits per heavy atom. The number of hydrogen-bond donors (Lipinski definition) is 1. The molecule has 0 aliphatic heterocycles. The Labute approximate surface area is 179 Å². The fourth-order valence-corrected chi connectivity index (χ4v) is 3.30. The third kappa shape index (κ3) is 6.78. The van der Waals surface area contributed by atoms with Gasteiger partial charge in [-0.1, -0.05) is 37.6 Å². The topological polar surface area (TPSA) is 46.5 Å². The fourth-order valence-electron chi connectivity index (χ4n) is 3.02. The smallest absolute Gasteiger partial charge is 0.422 e. The Hall–Kier alpha value is -2.42. The number of hydrogen-bond acceptors (Lipinski definition) is 2. The summed E-state index contributed by atoms with van der Waals surface area (Å²) in [5, 5.41) is 9.31. The van der Waals surface area contributed by atoms with Crippen LogP contribution in [-0.2, 0) is 11.0 Å². The second-order valence-corrected chi connectivity index (χ2v) is 7.79. The van der Waals surface area contributed by atoms with Crippen LogP contribution in [0.5, 0.6) is 5.75 Å². The number of rotatable bonds is 7. The third-order valence-corrected chi connectivity index (χ3v) is 4.66. The van der Waals surface area contributed by atoms with Gasteiger partial charge in [0.05, 0.1) is 16.5 Å². The largest absolute Gasteiger partial charge is 0.482 e. The van der Waals surface area contributed by atoms with Crippen molar-refractivity contribution in [2.45, 2.75) is 38.5 Å². The molecule has 1 unspecified atom stereocenters. The van der Waals surface area contributed by atoms with Gasteiger partial charge in [0.2, 0.25) is 0 Å². The zero-order chi connectivity index (χ0) is 23.6. The van der Waals surface area contributed by atoms with E-state index in [0.29, 0.717) is 0 Å². The van der Waals surface area contributed by atoms with E-state index < -0.39 is 42.2 Å². The first-order valence-electron chi connectivity index (χ1n) is 9.12. The summed E-state index contributed by atoms with van der Waals surface area (Å²) in [6.07, 6.45) is -9.05. The van der Waals surface area contributed by atoms with Gasteiger partial charge in [-0.15, -0.1) is 0 Å². The number of benzene rings is 2. The zero-order valence-corrected chi connectivity index (χ0v) is 17.2. The number of aliphatic carboxylic acids is 1. The predicted molar refractivity (Wildman–Crippen MR) is 103 cm³/mol. The summed E-state index contributed by atoms with van der Waals surface area (Å²) in [7, 11) is 0. The Kier molecular flexibility index (Phi) is 7.52. The first-order chi connectivity index (χ1) is 14.2. The lowest BCUT2D eigenvalue weighted by Gasteiger charge is -2.20. The molecule has 0 aliphatic carbocycles. The zero-order valence-electron chi connectivity index (χ0n) is 16.4. The van der Waals surface area contributed by atoms with Crippen LogP contribution in [0.4, 0.5) is 26.3 Å². The number of ether oxygens (including phenoxy) is 1. The molecule has 1 N–H and O–H groups in total. The molecule has 10 heteroatoms. The van der Waals surface area contributed by atoms with Gasteiger partial charge < -0.3 is 9.84 Å². The van der Waals surface area contributed by atoms with Crippen LogP contribution in [0.15, 0.2) is 36.4 Å². The average Bonchev–Trinajstić information content (AvgIpc) is 2.63. The second-order valence-electron chi connectivity index (χ2n) is 7.38. The molecule has 0 saturated carbocycles. The van der Waals surface area contributed by atoms with Gasteiger partial charge in [0, 0.05) is 5.56 Å². The molecular formula is C21H19ClF6O3. The minimum atomic E-state index is -4.68. The summed E-state index contributed by atoms with van der Waals surface area (Å²) >= 11 is 6.14. The summed E-state index contributed by atoms with van der Waals surface area (Å²) in [6, 6.07) is 6.18. The Morgan fingerprint density at radius 2 is 1.65 bits per heavy atom. The number of carboxylic acids is 1. The molecule has 0 amide bonds. The van der Waals surface area contributed by atoms with Crippen molar-refractivity contribution in [2.75, 3.05) is 6.61 Å². The molecule has 0 aromatic heterocycles. The van der Waals surface area contributed by atoms with Crippen molar-refractivity contribution in [1.29, 1.82) is 0 Å². The highest BCUT2D eigenvalue weighted by molar-refractivity contribution is 6.32. The van der Waals surface area contributed by atoms with Gasteiger partial charge in [-0.3, -0.25) is 4.79 Å². The van der Waals surface area contributed by atoms with Crippen molar-refractivity contribution in [3.05, 3.63) is 52.5 Å². The van der Waals surface area contributed by atoms with E-state index in [1.165, 1.54) is 12.1 Å². The van der Waals surface area contributed by atoms with Crippen LogP contribution in [0, 0.1) is 5.92 Å². The first kappa shape index (κ1) is 24.8. The summed E-state index contributed by atoms with van der Waals surface area (Å²) < 4.78 is 81.5. The monoisotopic (exact) mass is 468 g/mol. The highest BCUT2D eigenvalue weighted by Gasteiger charge is 2.32. The highest BCUT2D eigenvalue weighted by Crippen LogP contribution is 2.42. The van der Waals surface area contributed by atoms with Gasteiger partial charge in [0.15, 0.2) is 6.61 Å². The van der Waals surface area contributed by atoms with E-state index in [9.17, 15) is 36.2 Å². The molecule has 1 atom stereocenters. The minimum Gasteiger partial charge on any atom is -0.482 e. The van der Waals surface area contributed by atoms with Crippen molar-refractivity contribution in [1.82, 2.24) is 0 Å². The molecule has 0 saturated heterocycles. The number of halogens is 7. The van der Waals surface area contributed by atoms with Gasteiger partial charge in [0.1, 0.15) is 5.75 Å². The van der Waals surface area contributed by atoms with E-state index in [4.69, 9.17) is 16.3 Å². The van der Waals surface area contributed by atoms with E-state index in [1.807, 2.05) is 0 Å². The fraction of sp³-hybridized carbons (Fsp3) is 0.381. The number of alkyl halides is 6. The van der Waals surface area contributed by atoms with Crippen molar-refractivity contribution >= 4 is 17.6 Å². The quantitative estimate of drug-likeness (QED) is 0.438. The molecule has 0 heterocycles. The van der Waals surface area contributed by atoms with Gasteiger partial charge in [-0.2, -0.15) is 26.3 Å². The van der Waals surface area contributed by atoms with Crippen LogP contribution in [0.1, 0.15) is 37.3 Å². The second kappa shape index (κ2) is 9.38. The predicted octanol–water partition coefficient (Wildman–Crippen LogP) is 7.18. The highest BCUT2D eigenvalue weighted by atomic mass is 35.5. The Balaban J connectivity index is 2.62. The molecule has 2 aromatic rings. The Morgan fingerprint density at radius 3 is 2.10 bits per heavy atom. The van der Waals surface area contributed by atoms with Crippen LogP contribution in [0.3, 0.4) is 0 Å². The maximum absolute atomic E-state index is 12.9. The number of carbonyl (C=O) groups is 1. The summed E-state index contributed by atoms with van der Waals surface area (Å²) in [6.45, 7) is 1.93. The van der Waals surface area contributed by atoms with Gasteiger partial charge in [-0.05, 0) is 47.7 Å². The van der Waals surface area contributed by atoms with Gasteiger partial charge in [-0.25, -0.2) is 0 Å². The van der Waals surface area contributed by atoms with Crippen molar-refractivity contribution in [3.8, 4) is 16.9 Å². The van der Waals surface area contributed by atoms with Crippen LogP contribution < -0.4 is 4.74 Å². The standard InChI is InChI=1S/C21H19ClF6O3/c1-11(2)7-16(19(29)30)13-8-15(12-3-5-14(6-4-12)21(26,27)28)18(17(22)9-13)31-10-20(23,24)25/h3-6,8-9,11,16H,7,10H2,1-2H3,(H,29,30). The van der Waals surface area contributed by atoms with E-state index >= 15 is 0 Å². The molecule has 3 nitrogen and oxygen atoms in total. The molecule has 0 aliphatic rings. The van der Waals surface area contributed by atoms with Gasteiger partial charge in [0.25, 0.3) is 0 Å². The van der Waals surface area contributed by atoms with Crippen LogP contribution in [0.2, 0.25) is 5.02 Å². The normalized spacial score (nSPS) is 13.4. The van der Waals surface area contributed by atoms with Crippen LogP contribution in [-0.4, -0.2) is 23.9 Å². The van der Waals surface area contributed by atoms with E-state index in [2.05, 4.69) is 0 Å². The molecule has 0 spiro atoms. The number of carboxylic acid groups (broad SMARTS) is 1. The third-order valence-electron chi connectivity index (χ3n) is 4.38. The molecule has 31 heavy (non-hydrogen) atoms. The summed E-state index contributed by atoms with van der Waals surface area (Å²) in [5.41, 5.74) is -0.668. The molecule has 0 radical (unpaired) electrons. The lowest BCUT2D eigenvalue weighted by Crippen LogP contribution is -2.20.